The number of hydrogen-bond donors (Lipinski definition) is 2. The minimum Gasteiger partial charge on any atom is -0.477 e. The van der Waals surface area contributed by atoms with Gasteiger partial charge >= 0.3 is 17.3 Å². The number of aromatic carboxylic acids is 1. The van der Waals surface area contributed by atoms with Crippen molar-refractivity contribution in [3.05, 3.63) is 139 Å². The van der Waals surface area contributed by atoms with Gasteiger partial charge in [0.2, 0.25) is 5.43 Å². The lowest BCUT2D eigenvalue weighted by Gasteiger charge is -2.36. The van der Waals surface area contributed by atoms with Gasteiger partial charge in [0.05, 0.1) is 23.6 Å². The van der Waals surface area contributed by atoms with Crippen molar-refractivity contribution < 1.29 is 14.3 Å². The standard InChI is InChI=1S/C39H37FN10O5/c1-3-45-22-30(37(52)53)36(51)29-19-31(40)34(20-33(29)45)46-17-15-44(16-18-46)24-49-39(55)50(27-9-5-4-6-10-27)35(43-49)23-48-38(54)47(25(2)42-48)14-13-26-21-41-32-12-8-7-11-28(26)32/h4-14,19-22,41H,3,15-18,23-24H2,1-2H3,(H,52,53)/b14-13-. The van der Waals surface area contributed by atoms with Crippen molar-refractivity contribution in [3.63, 3.8) is 0 Å². The quantitative estimate of drug-likeness (QED) is 0.212. The molecule has 5 heterocycles. The second kappa shape index (κ2) is 14.2. The highest BCUT2D eigenvalue weighted by Crippen LogP contribution is 2.27. The van der Waals surface area contributed by atoms with Crippen LogP contribution in [0.1, 0.15) is 34.5 Å². The summed E-state index contributed by atoms with van der Waals surface area (Å²) in [6.45, 7) is 5.84. The molecule has 1 fully saturated rings. The Bertz CT molecular complexity index is 2800. The Hall–Kier alpha value is -6.81. The van der Waals surface area contributed by atoms with Crippen LogP contribution in [0.2, 0.25) is 0 Å². The van der Waals surface area contributed by atoms with Gasteiger partial charge < -0.3 is 19.6 Å². The van der Waals surface area contributed by atoms with E-state index in [4.69, 9.17) is 5.10 Å². The maximum Gasteiger partial charge on any atom is 0.351 e. The van der Waals surface area contributed by atoms with E-state index in [1.807, 2.05) is 71.5 Å². The Kier molecular flexibility index (Phi) is 9.10. The number of rotatable bonds is 10. The van der Waals surface area contributed by atoms with Crippen LogP contribution in [0.25, 0.3) is 39.8 Å². The Morgan fingerprint density at radius 1 is 0.927 bits per heavy atom. The molecular formula is C39H37FN10O5. The summed E-state index contributed by atoms with van der Waals surface area (Å²) < 4.78 is 22.7. The molecule has 0 bridgehead atoms. The summed E-state index contributed by atoms with van der Waals surface area (Å²) in [7, 11) is 0. The average molecular weight is 745 g/mol. The highest BCUT2D eigenvalue weighted by Gasteiger charge is 2.25. The largest absolute Gasteiger partial charge is 0.477 e. The van der Waals surface area contributed by atoms with Gasteiger partial charge in [0, 0.05) is 73.2 Å². The fourth-order valence-electron chi connectivity index (χ4n) is 7.18. The first-order valence-electron chi connectivity index (χ1n) is 17.8. The summed E-state index contributed by atoms with van der Waals surface area (Å²) in [6, 6.07) is 19.7. The number of aromatic amines is 1. The molecule has 1 aliphatic heterocycles. The Morgan fingerprint density at radius 2 is 1.67 bits per heavy atom. The summed E-state index contributed by atoms with van der Waals surface area (Å²) in [6.07, 6.45) is 6.70. The number of hydrogen-bond acceptors (Lipinski definition) is 8. The van der Waals surface area contributed by atoms with Crippen LogP contribution >= 0.6 is 0 Å². The SMILES string of the molecule is CCn1cc(C(=O)O)c(=O)c2cc(F)c(N3CCN(Cn4nc(Cn5nc(C)n(/C=C\c6c[nH]c7ccccc67)c5=O)n(-c5ccccc5)c4=O)CC3)cc21. The van der Waals surface area contributed by atoms with Gasteiger partial charge in [-0.15, -0.1) is 0 Å². The molecule has 1 saturated heterocycles. The molecule has 0 saturated carbocycles. The zero-order valence-electron chi connectivity index (χ0n) is 30.1. The van der Waals surface area contributed by atoms with Gasteiger partial charge in [-0.05, 0) is 50.3 Å². The van der Waals surface area contributed by atoms with Gasteiger partial charge in [0.15, 0.2) is 5.82 Å². The molecule has 0 spiro atoms. The maximum absolute atomic E-state index is 15.5. The average Bonchev–Trinajstić information content (AvgIpc) is 3.83. The third kappa shape index (κ3) is 6.45. The fourth-order valence-corrected chi connectivity index (χ4v) is 7.18. The van der Waals surface area contributed by atoms with Gasteiger partial charge in [-0.3, -0.25) is 14.3 Å². The number of pyridine rings is 1. The van der Waals surface area contributed by atoms with E-state index >= 15 is 4.39 Å². The summed E-state index contributed by atoms with van der Waals surface area (Å²) >= 11 is 0. The van der Waals surface area contributed by atoms with Crippen LogP contribution in [0.5, 0.6) is 0 Å². The number of carboxylic acids is 1. The van der Waals surface area contributed by atoms with Crippen molar-refractivity contribution in [1.82, 2.24) is 43.1 Å². The van der Waals surface area contributed by atoms with Crippen molar-refractivity contribution in [2.75, 3.05) is 31.1 Å². The van der Waals surface area contributed by atoms with Crippen molar-refractivity contribution in [2.45, 2.75) is 33.6 Å². The predicted octanol–water partition coefficient (Wildman–Crippen LogP) is 3.81. The summed E-state index contributed by atoms with van der Waals surface area (Å²) in [5.74, 6) is -1.18. The second-order valence-corrected chi connectivity index (χ2v) is 13.4. The molecule has 4 aromatic heterocycles. The van der Waals surface area contributed by atoms with E-state index in [-0.39, 0.29) is 30.0 Å². The van der Waals surface area contributed by atoms with Crippen LogP contribution < -0.4 is 21.7 Å². The number of aryl methyl sites for hydroxylation is 2. The normalized spacial score (nSPS) is 13.8. The number of nitrogens with one attached hydrogen (secondary N) is 1. The molecule has 0 radical (unpaired) electrons. The van der Waals surface area contributed by atoms with Crippen LogP contribution in [-0.2, 0) is 19.8 Å². The fraction of sp³-hybridized carbons (Fsp3) is 0.231. The van der Waals surface area contributed by atoms with Crippen molar-refractivity contribution in [3.8, 4) is 5.69 Å². The number of aromatic nitrogens is 8. The number of fused-ring (bicyclic) bond motifs is 2. The number of nitrogens with zero attached hydrogens (tertiary/aromatic N) is 9. The van der Waals surface area contributed by atoms with Crippen LogP contribution in [-0.4, -0.2) is 80.4 Å². The van der Waals surface area contributed by atoms with E-state index in [1.54, 1.807) is 35.9 Å². The summed E-state index contributed by atoms with van der Waals surface area (Å²) in [5, 5.41) is 19.7. The van der Waals surface area contributed by atoms with Gasteiger partial charge in [0.1, 0.15) is 23.7 Å². The lowest BCUT2D eigenvalue weighted by Crippen LogP contribution is -2.48. The Labute approximate surface area is 312 Å². The zero-order chi connectivity index (χ0) is 38.4. The predicted molar refractivity (Wildman–Crippen MR) is 206 cm³/mol. The molecule has 2 N–H and O–H groups in total. The molecule has 3 aromatic carbocycles. The lowest BCUT2D eigenvalue weighted by atomic mass is 10.1. The molecule has 0 unspecified atom stereocenters. The molecule has 280 valence electrons. The zero-order valence-corrected chi connectivity index (χ0v) is 30.1. The minimum atomic E-state index is -1.36. The van der Waals surface area contributed by atoms with E-state index in [0.717, 1.165) is 22.5 Å². The first kappa shape index (κ1) is 35.2. The van der Waals surface area contributed by atoms with Crippen molar-refractivity contribution in [1.29, 1.82) is 0 Å². The van der Waals surface area contributed by atoms with Gasteiger partial charge in [0.25, 0.3) is 0 Å². The van der Waals surface area contributed by atoms with Gasteiger partial charge in [-0.2, -0.15) is 14.9 Å². The number of H-pyrrole nitrogens is 1. The second-order valence-electron chi connectivity index (χ2n) is 13.4. The molecule has 16 heteroatoms. The number of carbonyl (C=O) groups is 1. The Balaban J connectivity index is 1.03. The smallest absolute Gasteiger partial charge is 0.351 e. The Morgan fingerprint density at radius 3 is 2.42 bits per heavy atom. The van der Waals surface area contributed by atoms with Crippen LogP contribution in [0.15, 0.2) is 93.5 Å². The number of benzene rings is 3. The number of para-hydroxylation sites is 2. The van der Waals surface area contributed by atoms with E-state index < -0.39 is 22.8 Å². The topological polar surface area (TPSA) is 161 Å². The molecule has 15 nitrogen and oxygen atoms in total. The monoisotopic (exact) mass is 744 g/mol. The molecule has 7 aromatic rings. The van der Waals surface area contributed by atoms with E-state index in [2.05, 4.69) is 10.1 Å². The first-order chi connectivity index (χ1) is 26.6. The maximum atomic E-state index is 15.5. The third-order valence-electron chi connectivity index (χ3n) is 10.0. The number of halogens is 1. The highest BCUT2D eigenvalue weighted by atomic mass is 19.1. The first-order valence-corrected chi connectivity index (χ1v) is 17.8. The minimum absolute atomic E-state index is 0.0110. The highest BCUT2D eigenvalue weighted by molar-refractivity contribution is 5.93. The number of piperazine rings is 1. The summed E-state index contributed by atoms with van der Waals surface area (Å²) in [4.78, 5) is 59.2. The molecule has 0 amide bonds. The van der Waals surface area contributed by atoms with Gasteiger partial charge in [-0.25, -0.2) is 28.0 Å². The van der Waals surface area contributed by atoms with E-state index in [9.17, 15) is 24.3 Å². The number of anilines is 1. The number of carboxylic acid groups (broad SMARTS) is 1. The molecule has 1 aliphatic rings. The lowest BCUT2D eigenvalue weighted by molar-refractivity contribution is 0.0694. The van der Waals surface area contributed by atoms with Crippen LogP contribution in [0.3, 0.4) is 0 Å². The molecule has 8 rings (SSSR count). The van der Waals surface area contributed by atoms with Crippen molar-refractivity contribution >= 4 is 45.7 Å². The van der Waals surface area contributed by atoms with Crippen LogP contribution in [0.4, 0.5) is 10.1 Å². The van der Waals surface area contributed by atoms with E-state index in [0.29, 0.717) is 61.3 Å². The molecule has 0 aliphatic carbocycles. The molecule has 0 atom stereocenters. The summed E-state index contributed by atoms with van der Waals surface area (Å²) in [5.41, 5.74) is 1.36. The molecular weight excluding hydrogens is 707 g/mol. The van der Waals surface area contributed by atoms with Crippen molar-refractivity contribution in [2.24, 2.45) is 0 Å². The molecule has 55 heavy (non-hydrogen) atoms. The van der Waals surface area contributed by atoms with E-state index in [1.165, 1.54) is 24.7 Å². The van der Waals surface area contributed by atoms with Gasteiger partial charge in [-0.1, -0.05) is 36.4 Å². The third-order valence-corrected chi connectivity index (χ3v) is 10.0. The van der Waals surface area contributed by atoms with Crippen LogP contribution in [0, 0.1) is 12.7 Å².